The van der Waals surface area contributed by atoms with E-state index in [0.29, 0.717) is 17.5 Å². The first-order valence-corrected chi connectivity index (χ1v) is 5.45. The summed E-state index contributed by atoms with van der Waals surface area (Å²) in [4.78, 5) is 23.0. The van der Waals surface area contributed by atoms with Crippen molar-refractivity contribution in [2.24, 2.45) is 0 Å². The van der Waals surface area contributed by atoms with Gasteiger partial charge in [0.25, 0.3) is 0 Å². The van der Waals surface area contributed by atoms with Crippen molar-refractivity contribution in [1.29, 1.82) is 0 Å². The van der Waals surface area contributed by atoms with Gasteiger partial charge in [-0.2, -0.15) is 0 Å². The molecule has 0 amide bonds. The minimum atomic E-state index is -0.467. The molecule has 0 saturated carbocycles. The number of fused-ring (bicyclic) bond motifs is 1. The second-order valence-corrected chi connectivity index (χ2v) is 4.16. The Balaban J connectivity index is 2.52. The van der Waals surface area contributed by atoms with Crippen LogP contribution in [0, 0.1) is 0 Å². The van der Waals surface area contributed by atoms with Crippen LogP contribution in [-0.2, 0) is 11.2 Å². The van der Waals surface area contributed by atoms with Gasteiger partial charge in [0.2, 0.25) is 0 Å². The summed E-state index contributed by atoms with van der Waals surface area (Å²) in [6.07, 6.45) is 2.19. The number of esters is 1. The molecule has 2 rings (SSSR count). The molecule has 1 aliphatic carbocycles. The number of Topliss-reactive ketones (excluding diaryl/α,β-unsaturated/α-hetero) is 1. The van der Waals surface area contributed by atoms with Gasteiger partial charge in [-0.05, 0) is 30.5 Å². The van der Waals surface area contributed by atoms with Crippen LogP contribution >= 0.6 is 11.6 Å². The Morgan fingerprint density at radius 3 is 2.81 bits per heavy atom. The summed E-state index contributed by atoms with van der Waals surface area (Å²) in [5.74, 6) is -0.370. The van der Waals surface area contributed by atoms with Crippen molar-refractivity contribution in [3.8, 4) is 0 Å². The van der Waals surface area contributed by atoms with E-state index in [-0.39, 0.29) is 10.8 Å². The third-order valence-electron chi connectivity index (χ3n) is 2.75. The van der Waals surface area contributed by atoms with E-state index < -0.39 is 5.97 Å². The molecule has 0 atom stereocenters. The number of carbonyl (C=O) groups excluding carboxylic acids is 2. The van der Waals surface area contributed by atoms with Gasteiger partial charge in [0.15, 0.2) is 5.78 Å². The summed E-state index contributed by atoms with van der Waals surface area (Å²) in [6.45, 7) is 0. The first-order chi connectivity index (χ1) is 7.63. The fourth-order valence-electron chi connectivity index (χ4n) is 1.92. The summed E-state index contributed by atoms with van der Waals surface area (Å²) in [7, 11) is 1.31. The van der Waals surface area contributed by atoms with Crippen LogP contribution in [0.2, 0.25) is 5.02 Å². The number of hydrogen-bond acceptors (Lipinski definition) is 3. The smallest absolute Gasteiger partial charge is 0.339 e. The quantitative estimate of drug-likeness (QED) is 0.707. The number of rotatable bonds is 1. The van der Waals surface area contributed by atoms with Gasteiger partial charge in [0.1, 0.15) is 0 Å². The monoisotopic (exact) mass is 238 g/mol. The standard InChI is InChI=1S/C12H11ClO3/c1-16-12(15)9-5-7-3-2-4-11(14)8(7)6-10(9)13/h5-6H,2-4H2,1H3. The topological polar surface area (TPSA) is 43.4 Å². The molecule has 0 unspecified atom stereocenters. The number of methoxy groups -OCH3 is 1. The summed E-state index contributed by atoms with van der Waals surface area (Å²) in [6, 6.07) is 3.24. The number of halogens is 1. The number of ether oxygens (including phenoxy) is 1. The molecule has 84 valence electrons. The van der Waals surface area contributed by atoms with Gasteiger partial charge in [0, 0.05) is 12.0 Å². The highest BCUT2D eigenvalue weighted by Gasteiger charge is 2.21. The molecular formula is C12H11ClO3. The molecule has 1 aromatic rings. The number of hydrogen-bond donors (Lipinski definition) is 0. The lowest BCUT2D eigenvalue weighted by Crippen LogP contribution is -2.13. The van der Waals surface area contributed by atoms with Crippen LogP contribution in [0.1, 0.15) is 39.1 Å². The molecular weight excluding hydrogens is 228 g/mol. The number of ketones is 1. The lowest BCUT2D eigenvalue weighted by Gasteiger charge is -2.16. The zero-order valence-electron chi connectivity index (χ0n) is 8.88. The van der Waals surface area contributed by atoms with Gasteiger partial charge in [-0.3, -0.25) is 4.79 Å². The first kappa shape index (κ1) is 11.1. The van der Waals surface area contributed by atoms with Crippen LogP contribution in [0.15, 0.2) is 12.1 Å². The maximum atomic E-state index is 11.6. The summed E-state index contributed by atoms with van der Waals surface area (Å²) >= 11 is 5.95. The van der Waals surface area contributed by atoms with Gasteiger partial charge in [-0.25, -0.2) is 4.79 Å². The largest absolute Gasteiger partial charge is 0.465 e. The number of carbonyl (C=O) groups is 2. The Kier molecular flexibility index (Phi) is 2.97. The molecule has 0 aliphatic heterocycles. The van der Waals surface area contributed by atoms with E-state index in [0.717, 1.165) is 18.4 Å². The van der Waals surface area contributed by atoms with Crippen molar-refractivity contribution in [3.63, 3.8) is 0 Å². The predicted octanol–water partition coefficient (Wildman–Crippen LogP) is 2.65. The molecule has 4 heteroatoms. The Labute approximate surface area is 98.4 Å². The van der Waals surface area contributed by atoms with E-state index in [4.69, 9.17) is 11.6 Å². The maximum absolute atomic E-state index is 11.6. The Morgan fingerprint density at radius 2 is 2.12 bits per heavy atom. The molecule has 0 heterocycles. The van der Waals surface area contributed by atoms with E-state index in [2.05, 4.69) is 4.74 Å². The van der Waals surface area contributed by atoms with Crippen molar-refractivity contribution in [3.05, 3.63) is 33.8 Å². The Hall–Kier alpha value is -1.35. The van der Waals surface area contributed by atoms with Gasteiger partial charge in [-0.15, -0.1) is 0 Å². The molecule has 0 bridgehead atoms. The number of aryl methyl sites for hydroxylation is 1. The van der Waals surface area contributed by atoms with Crippen molar-refractivity contribution in [2.45, 2.75) is 19.3 Å². The molecule has 3 nitrogen and oxygen atoms in total. The van der Waals surface area contributed by atoms with Gasteiger partial charge < -0.3 is 4.74 Å². The third kappa shape index (κ3) is 1.83. The summed E-state index contributed by atoms with van der Waals surface area (Å²) in [5, 5.41) is 0.279. The van der Waals surface area contributed by atoms with Gasteiger partial charge in [0.05, 0.1) is 17.7 Å². The van der Waals surface area contributed by atoms with Crippen LogP contribution in [-0.4, -0.2) is 18.9 Å². The van der Waals surface area contributed by atoms with Crippen molar-refractivity contribution in [2.75, 3.05) is 7.11 Å². The van der Waals surface area contributed by atoms with Gasteiger partial charge in [-0.1, -0.05) is 11.6 Å². The fraction of sp³-hybridized carbons (Fsp3) is 0.333. The minimum absolute atomic E-state index is 0.0968. The molecule has 0 saturated heterocycles. The predicted molar refractivity (Wildman–Crippen MR) is 60.1 cm³/mol. The Morgan fingerprint density at radius 1 is 1.38 bits per heavy atom. The van der Waals surface area contributed by atoms with E-state index in [9.17, 15) is 9.59 Å². The third-order valence-corrected chi connectivity index (χ3v) is 3.06. The molecule has 0 N–H and O–H groups in total. The van der Waals surface area contributed by atoms with Crippen molar-refractivity contribution < 1.29 is 14.3 Å². The average molecular weight is 239 g/mol. The summed E-state index contributed by atoms with van der Waals surface area (Å²) < 4.78 is 4.63. The van der Waals surface area contributed by atoms with Crippen molar-refractivity contribution in [1.82, 2.24) is 0 Å². The second kappa shape index (κ2) is 4.26. The maximum Gasteiger partial charge on any atom is 0.339 e. The summed E-state index contributed by atoms with van der Waals surface area (Å²) in [5.41, 5.74) is 1.86. The van der Waals surface area contributed by atoms with Crippen LogP contribution < -0.4 is 0 Å². The first-order valence-electron chi connectivity index (χ1n) is 5.07. The van der Waals surface area contributed by atoms with Crippen LogP contribution in [0.4, 0.5) is 0 Å². The highest BCUT2D eigenvalue weighted by molar-refractivity contribution is 6.34. The lowest BCUT2D eigenvalue weighted by atomic mass is 9.89. The molecule has 16 heavy (non-hydrogen) atoms. The molecule has 1 aromatic carbocycles. The zero-order valence-corrected chi connectivity index (χ0v) is 9.63. The highest BCUT2D eigenvalue weighted by atomic mass is 35.5. The fourth-order valence-corrected chi connectivity index (χ4v) is 2.17. The van der Waals surface area contributed by atoms with E-state index in [1.165, 1.54) is 7.11 Å². The SMILES string of the molecule is COC(=O)c1cc2c(cc1Cl)C(=O)CCC2. The minimum Gasteiger partial charge on any atom is -0.465 e. The van der Waals surface area contributed by atoms with Crippen molar-refractivity contribution >= 4 is 23.4 Å². The molecule has 1 aliphatic rings. The lowest BCUT2D eigenvalue weighted by molar-refractivity contribution is 0.0600. The van der Waals surface area contributed by atoms with Crippen LogP contribution in [0.3, 0.4) is 0 Å². The van der Waals surface area contributed by atoms with E-state index >= 15 is 0 Å². The average Bonchev–Trinajstić information content (AvgIpc) is 2.29. The second-order valence-electron chi connectivity index (χ2n) is 3.76. The number of benzene rings is 1. The molecule has 0 aromatic heterocycles. The van der Waals surface area contributed by atoms with E-state index in [1.807, 2.05) is 0 Å². The van der Waals surface area contributed by atoms with E-state index in [1.54, 1.807) is 12.1 Å². The Bertz CT molecular complexity index is 466. The molecule has 0 radical (unpaired) electrons. The normalized spacial score (nSPS) is 14.5. The zero-order chi connectivity index (χ0) is 11.7. The van der Waals surface area contributed by atoms with Gasteiger partial charge >= 0.3 is 5.97 Å². The molecule has 0 spiro atoms. The highest BCUT2D eigenvalue weighted by Crippen LogP contribution is 2.28. The van der Waals surface area contributed by atoms with Crippen LogP contribution in [0.25, 0.3) is 0 Å². The van der Waals surface area contributed by atoms with Crippen LogP contribution in [0.5, 0.6) is 0 Å². The molecule has 0 fully saturated rings.